The zero-order valence-corrected chi connectivity index (χ0v) is 24.8. The average Bonchev–Trinajstić information content (AvgIpc) is 3.01. The van der Waals surface area contributed by atoms with Crippen molar-refractivity contribution < 1.29 is 40.7 Å². The van der Waals surface area contributed by atoms with Crippen LogP contribution in [-0.2, 0) is 23.7 Å². The van der Waals surface area contributed by atoms with Crippen molar-refractivity contribution in [3.05, 3.63) is 95.3 Å². The molecule has 45 heavy (non-hydrogen) atoms. The largest absolute Gasteiger partial charge is 0.476 e. The molecule has 5 rings (SSSR count). The number of halogens is 7. The normalized spacial score (nSPS) is 19.5. The van der Waals surface area contributed by atoms with E-state index in [-0.39, 0.29) is 44.1 Å². The van der Waals surface area contributed by atoms with Crippen LogP contribution in [0.2, 0.25) is 0 Å². The summed E-state index contributed by atoms with van der Waals surface area (Å²) in [7, 11) is 0. The third kappa shape index (κ3) is 7.88. The lowest BCUT2D eigenvalue weighted by molar-refractivity contribution is -0.154. The van der Waals surface area contributed by atoms with E-state index in [0.717, 1.165) is 47.1 Å². The van der Waals surface area contributed by atoms with Crippen LogP contribution in [0.1, 0.15) is 39.9 Å². The molecule has 242 valence electrons. The second kappa shape index (κ2) is 13.7. The van der Waals surface area contributed by atoms with Gasteiger partial charge in [-0.1, -0.05) is 30.3 Å². The fourth-order valence-corrected chi connectivity index (χ4v) is 5.66. The number of amides is 2. The minimum atomic E-state index is -4.81. The van der Waals surface area contributed by atoms with Gasteiger partial charge in [0.1, 0.15) is 5.75 Å². The number of carbonyl (C=O) groups is 2. The van der Waals surface area contributed by atoms with Crippen LogP contribution in [-0.4, -0.2) is 76.4 Å². The van der Waals surface area contributed by atoms with Crippen molar-refractivity contribution in [3.8, 4) is 5.75 Å². The molecule has 0 aliphatic carbocycles. The smallest absolute Gasteiger partial charge is 0.417 e. The number of piperidine rings is 1. The Balaban J connectivity index is 0.00000461. The van der Waals surface area contributed by atoms with Crippen molar-refractivity contribution in [2.24, 2.45) is 0 Å². The highest BCUT2D eigenvalue weighted by Gasteiger charge is 2.49. The Morgan fingerprint density at radius 1 is 0.822 bits per heavy atom. The van der Waals surface area contributed by atoms with Crippen molar-refractivity contribution in [1.82, 2.24) is 19.7 Å². The van der Waals surface area contributed by atoms with E-state index in [1.807, 2.05) is 30.3 Å². The van der Waals surface area contributed by atoms with Gasteiger partial charge >= 0.3 is 12.4 Å². The van der Waals surface area contributed by atoms with Crippen LogP contribution >= 0.6 is 12.4 Å². The molecule has 1 unspecified atom stereocenters. The summed E-state index contributed by atoms with van der Waals surface area (Å²) in [5.74, 6) is -1.47. The van der Waals surface area contributed by atoms with E-state index >= 15 is 0 Å². The molecular weight excluding hydrogens is 626 g/mol. The fraction of sp³-hybridized carbons (Fsp3) is 0.387. The van der Waals surface area contributed by atoms with Crippen LogP contribution in [0.15, 0.2) is 73.1 Å². The van der Waals surface area contributed by atoms with Gasteiger partial charge in [-0.25, -0.2) is 0 Å². The number of aromatic nitrogens is 1. The number of pyridine rings is 1. The van der Waals surface area contributed by atoms with Gasteiger partial charge in [0.2, 0.25) is 5.60 Å². The molecule has 0 spiro atoms. The zero-order chi connectivity index (χ0) is 31.5. The number of carbonyl (C=O) groups excluding carboxylic acids is 2. The lowest BCUT2D eigenvalue weighted by Gasteiger charge is -2.45. The Morgan fingerprint density at radius 2 is 1.49 bits per heavy atom. The monoisotopic (exact) mass is 656 g/mol. The number of benzene rings is 2. The summed E-state index contributed by atoms with van der Waals surface area (Å²) in [6.45, 7) is 2.11. The molecule has 1 aromatic heterocycles. The fourth-order valence-electron chi connectivity index (χ4n) is 5.66. The molecule has 2 saturated heterocycles. The van der Waals surface area contributed by atoms with Gasteiger partial charge in [-0.2, -0.15) is 26.3 Å². The van der Waals surface area contributed by atoms with Gasteiger partial charge in [-0.15, -0.1) is 12.4 Å². The quantitative estimate of drug-likeness (QED) is 0.308. The standard InChI is InChI=1S/C31H30F6N4O3.ClH/c32-30(33,34)23-7-9-24(10-8-23)44-29(28(43)40-17-15-39(16-18-40)20-22-5-2-1-3-6-22)12-4-14-41(21-29)27(42)25-19-38-13-11-26(25)31(35,36)37;/h1-3,5-11,13,19H,4,12,14-18,20-21H2;1H. The van der Waals surface area contributed by atoms with E-state index in [2.05, 4.69) is 9.88 Å². The maximum absolute atomic E-state index is 14.2. The molecular formula is C31H31ClF6N4O3. The Kier molecular flexibility index (Phi) is 10.3. The Morgan fingerprint density at radius 3 is 2.11 bits per heavy atom. The minimum absolute atomic E-state index is 0. The molecule has 2 aliphatic rings. The summed E-state index contributed by atoms with van der Waals surface area (Å²) in [6.07, 6.45) is -7.29. The molecule has 14 heteroatoms. The molecule has 3 aromatic rings. The van der Waals surface area contributed by atoms with Crippen LogP contribution in [0.25, 0.3) is 0 Å². The molecule has 3 heterocycles. The molecule has 0 N–H and O–H groups in total. The minimum Gasteiger partial charge on any atom is -0.476 e. The van der Waals surface area contributed by atoms with Crippen LogP contribution in [0, 0.1) is 0 Å². The summed E-state index contributed by atoms with van der Waals surface area (Å²) in [5.41, 5.74) is -3.33. The lowest BCUT2D eigenvalue weighted by Crippen LogP contribution is -2.64. The van der Waals surface area contributed by atoms with Crippen molar-refractivity contribution >= 4 is 24.2 Å². The van der Waals surface area contributed by atoms with Crippen molar-refractivity contribution in [1.29, 1.82) is 0 Å². The van der Waals surface area contributed by atoms with Crippen LogP contribution in [0.5, 0.6) is 5.75 Å². The second-order valence-electron chi connectivity index (χ2n) is 10.9. The molecule has 2 amide bonds. The second-order valence-corrected chi connectivity index (χ2v) is 10.9. The number of nitrogens with zero attached hydrogens (tertiary/aromatic N) is 4. The molecule has 7 nitrogen and oxygen atoms in total. The predicted molar refractivity (Wildman–Crippen MR) is 155 cm³/mol. The zero-order valence-electron chi connectivity index (χ0n) is 24.0. The first-order valence-electron chi connectivity index (χ1n) is 14.1. The first-order valence-corrected chi connectivity index (χ1v) is 14.1. The summed E-state index contributed by atoms with van der Waals surface area (Å²) in [5, 5.41) is 0. The highest BCUT2D eigenvalue weighted by molar-refractivity contribution is 5.96. The van der Waals surface area contributed by atoms with E-state index in [1.165, 1.54) is 0 Å². The van der Waals surface area contributed by atoms with E-state index < -0.39 is 46.5 Å². The Labute approximate surface area is 262 Å². The molecule has 2 fully saturated rings. The third-order valence-electron chi connectivity index (χ3n) is 7.89. The van der Waals surface area contributed by atoms with Crippen LogP contribution in [0.4, 0.5) is 26.3 Å². The number of hydrogen-bond donors (Lipinski definition) is 0. The van der Waals surface area contributed by atoms with Gasteiger partial charge in [0.05, 0.1) is 23.2 Å². The highest BCUT2D eigenvalue weighted by Crippen LogP contribution is 2.36. The number of ether oxygens (including phenoxy) is 1. The predicted octanol–water partition coefficient (Wildman–Crippen LogP) is 5.94. The molecule has 1 atom stereocenters. The number of alkyl halides is 6. The summed E-state index contributed by atoms with van der Waals surface area (Å²) in [6, 6.07) is 14.4. The Hall–Kier alpha value is -3.84. The summed E-state index contributed by atoms with van der Waals surface area (Å²) >= 11 is 0. The molecule has 2 aromatic carbocycles. The van der Waals surface area contributed by atoms with Crippen molar-refractivity contribution in [2.45, 2.75) is 37.3 Å². The first-order chi connectivity index (χ1) is 20.9. The van der Waals surface area contributed by atoms with Crippen LogP contribution in [0.3, 0.4) is 0 Å². The molecule has 0 radical (unpaired) electrons. The number of rotatable bonds is 6. The third-order valence-corrected chi connectivity index (χ3v) is 7.89. The van der Waals surface area contributed by atoms with E-state index in [0.29, 0.717) is 38.8 Å². The van der Waals surface area contributed by atoms with E-state index in [4.69, 9.17) is 4.74 Å². The van der Waals surface area contributed by atoms with Gasteiger partial charge in [0.25, 0.3) is 11.8 Å². The lowest BCUT2D eigenvalue weighted by atomic mass is 9.89. The molecule has 0 saturated carbocycles. The highest BCUT2D eigenvalue weighted by atomic mass is 35.5. The first kappa shape index (κ1) is 34.0. The SMILES string of the molecule is Cl.O=C(c1cnccc1C(F)(F)F)N1CCCC(Oc2ccc(C(F)(F)F)cc2)(C(=O)N2CCN(Cc3ccccc3)CC2)C1. The maximum atomic E-state index is 14.2. The topological polar surface area (TPSA) is 66.0 Å². The number of hydrogen-bond acceptors (Lipinski definition) is 5. The van der Waals surface area contributed by atoms with Crippen molar-refractivity contribution in [3.63, 3.8) is 0 Å². The maximum Gasteiger partial charge on any atom is 0.417 e. The molecule has 2 aliphatic heterocycles. The van der Waals surface area contributed by atoms with E-state index in [1.54, 1.807) is 4.90 Å². The summed E-state index contributed by atoms with van der Waals surface area (Å²) in [4.78, 5) is 36.2. The summed E-state index contributed by atoms with van der Waals surface area (Å²) < 4.78 is 86.8. The van der Waals surface area contributed by atoms with Gasteiger partial charge in [0.15, 0.2) is 0 Å². The van der Waals surface area contributed by atoms with Gasteiger partial charge in [0, 0.05) is 51.7 Å². The Bertz CT molecular complexity index is 1460. The number of piperazine rings is 1. The van der Waals surface area contributed by atoms with Crippen molar-refractivity contribution in [2.75, 3.05) is 39.3 Å². The van der Waals surface area contributed by atoms with E-state index in [9.17, 15) is 35.9 Å². The number of likely N-dealkylation sites (tertiary alicyclic amines) is 1. The average molecular weight is 657 g/mol. The van der Waals surface area contributed by atoms with Gasteiger partial charge < -0.3 is 14.5 Å². The van der Waals surface area contributed by atoms with Gasteiger partial charge in [-0.3, -0.25) is 19.5 Å². The van der Waals surface area contributed by atoms with Gasteiger partial charge in [-0.05, 0) is 48.7 Å². The molecule has 0 bridgehead atoms. The van der Waals surface area contributed by atoms with Crippen LogP contribution < -0.4 is 4.74 Å².